The van der Waals surface area contributed by atoms with Crippen LogP contribution in [-0.4, -0.2) is 31.0 Å². The second kappa shape index (κ2) is 6.23. The minimum absolute atomic E-state index is 0.00712. The molecule has 5 heteroatoms. The van der Waals surface area contributed by atoms with Gasteiger partial charge in [0, 0.05) is 30.9 Å². The molecule has 0 aliphatic rings. The zero-order valence-electron chi connectivity index (χ0n) is 11.9. The van der Waals surface area contributed by atoms with Gasteiger partial charge >= 0.3 is 0 Å². The first-order valence-electron chi connectivity index (χ1n) is 6.76. The molecule has 0 fully saturated rings. The average molecular weight is 272 g/mol. The highest BCUT2D eigenvalue weighted by atomic mass is 16.1. The van der Waals surface area contributed by atoms with Crippen LogP contribution in [0.3, 0.4) is 0 Å². The molecule has 1 aromatic heterocycles. The van der Waals surface area contributed by atoms with Gasteiger partial charge in [-0.2, -0.15) is 0 Å². The number of likely N-dealkylation sites (N-methyl/N-ethyl adjacent to an activating group) is 1. The first kappa shape index (κ1) is 14.1. The number of hydrogen-bond donors (Lipinski definition) is 2. The first-order chi connectivity index (χ1) is 9.67. The lowest BCUT2D eigenvalue weighted by molar-refractivity contribution is -0.119. The summed E-state index contributed by atoms with van der Waals surface area (Å²) in [5, 5.41) is 3.64. The van der Waals surface area contributed by atoms with Crippen LogP contribution in [0.15, 0.2) is 30.5 Å². The SMILES string of the molecule is CCCN(CC(=O)NC)c1ccnc2c(N)cccc12. The molecule has 0 atom stereocenters. The molecule has 3 N–H and O–H groups in total. The number of benzene rings is 1. The summed E-state index contributed by atoms with van der Waals surface area (Å²) in [5.41, 5.74) is 8.39. The number of anilines is 2. The Hall–Kier alpha value is -2.30. The smallest absolute Gasteiger partial charge is 0.239 e. The van der Waals surface area contributed by atoms with Crippen LogP contribution < -0.4 is 16.0 Å². The van der Waals surface area contributed by atoms with Crippen molar-refractivity contribution in [2.24, 2.45) is 0 Å². The van der Waals surface area contributed by atoms with Gasteiger partial charge in [-0.1, -0.05) is 19.1 Å². The fourth-order valence-electron chi connectivity index (χ4n) is 2.27. The maximum Gasteiger partial charge on any atom is 0.239 e. The van der Waals surface area contributed by atoms with Crippen LogP contribution in [0.4, 0.5) is 11.4 Å². The van der Waals surface area contributed by atoms with Crippen LogP contribution in [-0.2, 0) is 4.79 Å². The summed E-state index contributed by atoms with van der Waals surface area (Å²) in [6.07, 6.45) is 2.70. The molecule has 0 unspecified atom stereocenters. The molecule has 5 nitrogen and oxygen atoms in total. The van der Waals surface area contributed by atoms with Crippen molar-refractivity contribution >= 4 is 28.2 Å². The summed E-state index contributed by atoms with van der Waals surface area (Å²) < 4.78 is 0. The predicted molar refractivity (Wildman–Crippen MR) is 82.7 cm³/mol. The Morgan fingerprint density at radius 1 is 1.40 bits per heavy atom. The molecule has 1 aromatic carbocycles. The molecule has 0 saturated heterocycles. The first-order valence-corrected chi connectivity index (χ1v) is 6.76. The topological polar surface area (TPSA) is 71.2 Å². The van der Waals surface area contributed by atoms with E-state index in [0.717, 1.165) is 29.6 Å². The third-order valence-corrected chi connectivity index (χ3v) is 3.23. The average Bonchev–Trinajstić information content (AvgIpc) is 2.46. The number of hydrogen-bond acceptors (Lipinski definition) is 4. The summed E-state index contributed by atoms with van der Waals surface area (Å²) >= 11 is 0. The van der Waals surface area contributed by atoms with Gasteiger partial charge in [0.2, 0.25) is 5.91 Å². The molecule has 2 aromatic rings. The number of aromatic nitrogens is 1. The maximum absolute atomic E-state index is 11.7. The van der Waals surface area contributed by atoms with Gasteiger partial charge in [-0.05, 0) is 18.6 Å². The lowest BCUT2D eigenvalue weighted by Gasteiger charge is -2.24. The lowest BCUT2D eigenvalue weighted by atomic mass is 10.1. The number of amides is 1. The summed E-state index contributed by atoms with van der Waals surface area (Å²) in [4.78, 5) is 18.1. The molecule has 0 aliphatic heterocycles. The minimum atomic E-state index is -0.00712. The molecule has 20 heavy (non-hydrogen) atoms. The molecule has 1 amide bonds. The summed E-state index contributed by atoms with van der Waals surface area (Å²) in [5.74, 6) is -0.00712. The molecular weight excluding hydrogens is 252 g/mol. The van der Waals surface area contributed by atoms with Crippen molar-refractivity contribution in [3.8, 4) is 0 Å². The van der Waals surface area contributed by atoms with Crippen LogP contribution in [0.1, 0.15) is 13.3 Å². The van der Waals surface area contributed by atoms with E-state index in [1.165, 1.54) is 0 Å². The standard InChI is InChI=1S/C15H20N4O/c1-3-9-19(10-14(20)17-2)13-7-8-18-15-11(13)5-4-6-12(15)16/h4-8H,3,9-10,16H2,1-2H3,(H,17,20). The molecule has 0 radical (unpaired) electrons. The number of nitrogens with one attached hydrogen (secondary N) is 1. The number of nitrogen functional groups attached to an aromatic ring is 1. The van der Waals surface area contributed by atoms with Crippen LogP contribution in [0, 0.1) is 0 Å². The van der Waals surface area contributed by atoms with E-state index >= 15 is 0 Å². The zero-order valence-corrected chi connectivity index (χ0v) is 11.9. The molecule has 0 saturated carbocycles. The van der Waals surface area contributed by atoms with Crippen molar-refractivity contribution in [1.82, 2.24) is 10.3 Å². The molecule has 0 spiro atoms. The highest BCUT2D eigenvalue weighted by molar-refractivity contribution is 5.99. The minimum Gasteiger partial charge on any atom is -0.397 e. The van der Waals surface area contributed by atoms with Gasteiger partial charge < -0.3 is 16.0 Å². The Balaban J connectivity index is 2.47. The number of pyridine rings is 1. The van der Waals surface area contributed by atoms with E-state index in [2.05, 4.69) is 22.1 Å². The summed E-state index contributed by atoms with van der Waals surface area (Å²) in [6.45, 7) is 3.23. The van der Waals surface area contributed by atoms with E-state index < -0.39 is 0 Å². The fraction of sp³-hybridized carbons (Fsp3) is 0.333. The van der Waals surface area contributed by atoms with Crippen LogP contribution >= 0.6 is 0 Å². The largest absolute Gasteiger partial charge is 0.397 e. The van der Waals surface area contributed by atoms with Crippen molar-refractivity contribution in [2.45, 2.75) is 13.3 Å². The Labute approximate surface area is 118 Å². The monoisotopic (exact) mass is 272 g/mol. The van der Waals surface area contributed by atoms with Gasteiger partial charge in [-0.3, -0.25) is 9.78 Å². The molecule has 0 aliphatic carbocycles. The highest BCUT2D eigenvalue weighted by Crippen LogP contribution is 2.28. The van der Waals surface area contributed by atoms with E-state index in [0.29, 0.717) is 12.2 Å². The second-order valence-corrected chi connectivity index (χ2v) is 4.67. The third-order valence-electron chi connectivity index (χ3n) is 3.23. The van der Waals surface area contributed by atoms with Crippen molar-refractivity contribution in [3.63, 3.8) is 0 Å². The number of carbonyl (C=O) groups excluding carboxylic acids is 1. The van der Waals surface area contributed by atoms with Crippen molar-refractivity contribution < 1.29 is 4.79 Å². The Kier molecular flexibility index (Phi) is 4.40. The van der Waals surface area contributed by atoms with Gasteiger partial charge in [0.25, 0.3) is 0 Å². The third kappa shape index (κ3) is 2.82. The normalized spacial score (nSPS) is 10.5. The number of nitrogens with two attached hydrogens (primary N) is 1. The maximum atomic E-state index is 11.7. The van der Waals surface area contributed by atoms with E-state index in [1.807, 2.05) is 24.3 Å². The molecule has 1 heterocycles. The fourth-order valence-corrected chi connectivity index (χ4v) is 2.27. The van der Waals surface area contributed by atoms with Gasteiger partial charge in [0.15, 0.2) is 0 Å². The van der Waals surface area contributed by atoms with Crippen molar-refractivity contribution in [1.29, 1.82) is 0 Å². The van der Waals surface area contributed by atoms with Crippen molar-refractivity contribution in [3.05, 3.63) is 30.5 Å². The van der Waals surface area contributed by atoms with Crippen LogP contribution in [0.2, 0.25) is 0 Å². The zero-order chi connectivity index (χ0) is 14.5. The summed E-state index contributed by atoms with van der Waals surface area (Å²) in [7, 11) is 1.65. The van der Waals surface area contributed by atoms with E-state index in [9.17, 15) is 4.79 Å². The number of rotatable bonds is 5. The van der Waals surface area contributed by atoms with Crippen LogP contribution in [0.5, 0.6) is 0 Å². The number of fused-ring (bicyclic) bond motifs is 1. The molecular formula is C15H20N4O. The van der Waals surface area contributed by atoms with Gasteiger partial charge in [-0.15, -0.1) is 0 Å². The predicted octanol–water partition coefficient (Wildman–Crippen LogP) is 1.78. The Bertz CT molecular complexity index is 612. The quantitative estimate of drug-likeness (QED) is 0.814. The second-order valence-electron chi connectivity index (χ2n) is 4.67. The molecule has 0 bridgehead atoms. The number of carbonyl (C=O) groups is 1. The van der Waals surface area contributed by atoms with Gasteiger partial charge in [-0.25, -0.2) is 0 Å². The Morgan fingerprint density at radius 2 is 2.20 bits per heavy atom. The Morgan fingerprint density at radius 3 is 2.90 bits per heavy atom. The van der Waals surface area contributed by atoms with E-state index in [4.69, 9.17) is 5.73 Å². The summed E-state index contributed by atoms with van der Waals surface area (Å²) in [6, 6.07) is 7.66. The van der Waals surface area contributed by atoms with E-state index in [1.54, 1.807) is 13.2 Å². The van der Waals surface area contributed by atoms with Crippen molar-refractivity contribution in [2.75, 3.05) is 30.8 Å². The number of para-hydroxylation sites is 1. The van der Waals surface area contributed by atoms with E-state index in [-0.39, 0.29) is 5.91 Å². The highest BCUT2D eigenvalue weighted by Gasteiger charge is 2.13. The molecule has 2 rings (SSSR count). The lowest BCUT2D eigenvalue weighted by Crippen LogP contribution is -2.36. The van der Waals surface area contributed by atoms with Gasteiger partial charge in [0.1, 0.15) is 0 Å². The van der Waals surface area contributed by atoms with Crippen LogP contribution in [0.25, 0.3) is 10.9 Å². The van der Waals surface area contributed by atoms with Gasteiger partial charge in [0.05, 0.1) is 17.7 Å². The number of nitrogens with zero attached hydrogens (tertiary/aromatic N) is 2. The molecule has 106 valence electrons.